The molecular formula is C15H20N4. The number of likely N-dealkylation sites (N-methyl/N-ethyl adjacent to an activating group) is 1. The first-order valence-corrected chi connectivity index (χ1v) is 6.81. The van der Waals surface area contributed by atoms with Crippen LogP contribution in [-0.2, 0) is 0 Å². The highest BCUT2D eigenvalue weighted by Gasteiger charge is 2.24. The summed E-state index contributed by atoms with van der Waals surface area (Å²) in [5.41, 5.74) is 2.23. The monoisotopic (exact) mass is 256 g/mol. The number of hydrogen-bond acceptors (Lipinski definition) is 3. The number of aromatic nitrogens is 2. The summed E-state index contributed by atoms with van der Waals surface area (Å²) in [4.78, 5) is 7.06. The maximum absolute atomic E-state index is 4.70. The average Bonchev–Trinajstić information content (AvgIpc) is 3.05. The van der Waals surface area contributed by atoms with Gasteiger partial charge in [-0.2, -0.15) is 0 Å². The van der Waals surface area contributed by atoms with Crippen molar-refractivity contribution in [1.82, 2.24) is 14.9 Å². The van der Waals surface area contributed by atoms with E-state index in [0.29, 0.717) is 6.04 Å². The Hall–Kier alpha value is -1.81. The van der Waals surface area contributed by atoms with E-state index < -0.39 is 0 Å². The highest BCUT2D eigenvalue weighted by molar-refractivity contribution is 5.45. The van der Waals surface area contributed by atoms with Crippen LogP contribution in [-0.4, -0.2) is 35.7 Å². The van der Waals surface area contributed by atoms with Crippen LogP contribution in [0, 0.1) is 6.92 Å². The largest absolute Gasteiger partial charge is 0.340 e. The molecule has 1 aliphatic heterocycles. The maximum Gasteiger partial charge on any atom is 0.210 e. The van der Waals surface area contributed by atoms with E-state index in [2.05, 4.69) is 52.2 Å². The number of nitrogens with zero attached hydrogens (tertiary/aromatic N) is 3. The molecule has 0 bridgehead atoms. The third-order valence-corrected chi connectivity index (χ3v) is 3.72. The summed E-state index contributed by atoms with van der Waals surface area (Å²) < 4.78 is 2.19. The summed E-state index contributed by atoms with van der Waals surface area (Å²) in [6.45, 7) is 4.14. The molecule has 1 atom stereocenters. The zero-order chi connectivity index (χ0) is 13.2. The van der Waals surface area contributed by atoms with Crippen LogP contribution in [0.3, 0.4) is 0 Å². The van der Waals surface area contributed by atoms with Crippen LogP contribution in [0.2, 0.25) is 0 Å². The van der Waals surface area contributed by atoms with Gasteiger partial charge in [-0.3, -0.25) is 4.57 Å². The van der Waals surface area contributed by atoms with Gasteiger partial charge < -0.3 is 10.2 Å². The molecule has 0 amide bonds. The highest BCUT2D eigenvalue weighted by atomic mass is 15.3. The average molecular weight is 256 g/mol. The van der Waals surface area contributed by atoms with Gasteiger partial charge in [-0.1, -0.05) is 18.2 Å². The summed E-state index contributed by atoms with van der Waals surface area (Å²) in [7, 11) is 2.03. The maximum atomic E-state index is 4.70. The Kier molecular flexibility index (Phi) is 3.25. The predicted molar refractivity (Wildman–Crippen MR) is 78.0 cm³/mol. The van der Waals surface area contributed by atoms with Gasteiger partial charge in [-0.05, 0) is 32.5 Å². The van der Waals surface area contributed by atoms with Crippen molar-refractivity contribution in [2.24, 2.45) is 0 Å². The lowest BCUT2D eigenvalue weighted by molar-refractivity contribution is 0.616. The number of anilines is 1. The van der Waals surface area contributed by atoms with Crippen molar-refractivity contribution in [3.8, 4) is 5.69 Å². The van der Waals surface area contributed by atoms with Gasteiger partial charge in [0.1, 0.15) is 0 Å². The van der Waals surface area contributed by atoms with Crippen LogP contribution in [0.1, 0.15) is 12.1 Å². The van der Waals surface area contributed by atoms with E-state index >= 15 is 0 Å². The molecule has 1 fully saturated rings. The van der Waals surface area contributed by atoms with E-state index in [1.54, 1.807) is 0 Å². The third-order valence-electron chi connectivity index (χ3n) is 3.72. The standard InChI is InChI=1S/C15H20N4/c1-12-10-19(14-6-4-3-5-7-14)15(17-12)18-9-8-13(11-18)16-2/h3-7,10,13,16H,8-9,11H2,1-2H3. The molecule has 2 heterocycles. The lowest BCUT2D eigenvalue weighted by Gasteiger charge is -2.19. The van der Waals surface area contributed by atoms with Crippen molar-refractivity contribution in [1.29, 1.82) is 0 Å². The Morgan fingerprint density at radius 3 is 2.74 bits per heavy atom. The summed E-state index contributed by atoms with van der Waals surface area (Å²) in [6.07, 6.45) is 3.29. The highest BCUT2D eigenvalue weighted by Crippen LogP contribution is 2.23. The fourth-order valence-corrected chi connectivity index (χ4v) is 2.66. The Morgan fingerprint density at radius 2 is 2.05 bits per heavy atom. The number of nitrogens with one attached hydrogen (secondary N) is 1. The number of benzene rings is 1. The molecule has 0 aliphatic carbocycles. The Labute approximate surface area is 114 Å². The first-order chi connectivity index (χ1) is 9.28. The summed E-state index contributed by atoms with van der Waals surface area (Å²) in [6, 6.07) is 11.0. The molecule has 2 aromatic rings. The van der Waals surface area contributed by atoms with Crippen molar-refractivity contribution >= 4 is 5.95 Å². The van der Waals surface area contributed by atoms with Crippen molar-refractivity contribution in [3.63, 3.8) is 0 Å². The van der Waals surface area contributed by atoms with Gasteiger partial charge in [-0.15, -0.1) is 0 Å². The number of aryl methyl sites for hydroxylation is 1. The van der Waals surface area contributed by atoms with Gasteiger partial charge in [0, 0.05) is 31.0 Å². The summed E-state index contributed by atoms with van der Waals surface area (Å²) in [5, 5.41) is 3.35. The molecule has 19 heavy (non-hydrogen) atoms. The molecule has 1 aromatic heterocycles. The van der Waals surface area contributed by atoms with Crippen LogP contribution < -0.4 is 10.2 Å². The first kappa shape index (κ1) is 12.2. The number of imidazole rings is 1. The van der Waals surface area contributed by atoms with Gasteiger partial charge in [0.2, 0.25) is 5.95 Å². The molecule has 0 spiro atoms. The summed E-state index contributed by atoms with van der Waals surface area (Å²) in [5.74, 6) is 1.06. The lowest BCUT2D eigenvalue weighted by Crippen LogP contribution is -2.30. The van der Waals surface area contributed by atoms with Crippen LogP contribution in [0.5, 0.6) is 0 Å². The molecule has 4 nitrogen and oxygen atoms in total. The Morgan fingerprint density at radius 1 is 1.26 bits per heavy atom. The fraction of sp³-hybridized carbons (Fsp3) is 0.400. The Bertz CT molecular complexity index is 547. The van der Waals surface area contributed by atoms with Crippen molar-refractivity contribution < 1.29 is 0 Å². The molecule has 0 saturated carbocycles. The zero-order valence-corrected chi connectivity index (χ0v) is 11.5. The minimum Gasteiger partial charge on any atom is -0.340 e. The van der Waals surface area contributed by atoms with E-state index in [9.17, 15) is 0 Å². The molecule has 100 valence electrons. The van der Waals surface area contributed by atoms with Crippen molar-refractivity contribution in [2.45, 2.75) is 19.4 Å². The van der Waals surface area contributed by atoms with E-state index in [4.69, 9.17) is 4.98 Å². The van der Waals surface area contributed by atoms with Crippen LogP contribution in [0.4, 0.5) is 5.95 Å². The van der Waals surface area contributed by atoms with E-state index in [-0.39, 0.29) is 0 Å². The molecule has 1 unspecified atom stereocenters. The fourth-order valence-electron chi connectivity index (χ4n) is 2.66. The van der Waals surface area contributed by atoms with Crippen LogP contribution in [0.15, 0.2) is 36.5 Å². The second kappa shape index (κ2) is 5.05. The van der Waals surface area contributed by atoms with E-state index in [0.717, 1.165) is 24.7 Å². The topological polar surface area (TPSA) is 33.1 Å². The molecule has 1 aliphatic rings. The van der Waals surface area contributed by atoms with E-state index in [1.807, 2.05) is 13.1 Å². The molecule has 0 radical (unpaired) electrons. The summed E-state index contributed by atoms with van der Waals surface area (Å²) >= 11 is 0. The molecule has 1 N–H and O–H groups in total. The number of hydrogen-bond donors (Lipinski definition) is 1. The predicted octanol–water partition coefficient (Wildman–Crippen LogP) is 1.98. The number of para-hydroxylation sites is 1. The van der Waals surface area contributed by atoms with Gasteiger partial charge >= 0.3 is 0 Å². The minimum atomic E-state index is 0.571. The SMILES string of the molecule is CNC1CCN(c2nc(C)cn2-c2ccccc2)C1. The van der Waals surface area contributed by atoms with Crippen molar-refractivity contribution in [2.75, 3.05) is 25.0 Å². The lowest BCUT2D eigenvalue weighted by atomic mass is 10.3. The van der Waals surface area contributed by atoms with Crippen LogP contribution >= 0.6 is 0 Å². The normalized spacial score (nSPS) is 19.1. The zero-order valence-electron chi connectivity index (χ0n) is 11.5. The Balaban J connectivity index is 1.94. The van der Waals surface area contributed by atoms with Gasteiger partial charge in [0.05, 0.1) is 5.69 Å². The van der Waals surface area contributed by atoms with Crippen molar-refractivity contribution in [3.05, 3.63) is 42.2 Å². The quantitative estimate of drug-likeness (QED) is 0.911. The third kappa shape index (κ3) is 2.36. The van der Waals surface area contributed by atoms with Crippen LogP contribution in [0.25, 0.3) is 5.69 Å². The van der Waals surface area contributed by atoms with Gasteiger partial charge in [-0.25, -0.2) is 4.98 Å². The molecule has 1 saturated heterocycles. The second-order valence-electron chi connectivity index (χ2n) is 5.11. The van der Waals surface area contributed by atoms with Gasteiger partial charge in [0.25, 0.3) is 0 Å². The van der Waals surface area contributed by atoms with E-state index in [1.165, 1.54) is 12.1 Å². The smallest absolute Gasteiger partial charge is 0.210 e. The molecule has 4 heteroatoms. The number of rotatable bonds is 3. The minimum absolute atomic E-state index is 0.571. The molecule has 3 rings (SSSR count). The van der Waals surface area contributed by atoms with Gasteiger partial charge in [0.15, 0.2) is 0 Å². The first-order valence-electron chi connectivity index (χ1n) is 6.81. The molecule has 1 aromatic carbocycles. The molecular weight excluding hydrogens is 236 g/mol. The second-order valence-corrected chi connectivity index (χ2v) is 5.11.